The second-order valence-electron chi connectivity index (χ2n) is 5.54. The Morgan fingerprint density at radius 3 is 2.54 bits per heavy atom. The fraction of sp³-hybridized carbons (Fsp3) is 0.211. The van der Waals surface area contributed by atoms with Gasteiger partial charge in [0.25, 0.3) is 0 Å². The highest BCUT2D eigenvalue weighted by atomic mass is 35.5. The summed E-state index contributed by atoms with van der Waals surface area (Å²) in [6.07, 6.45) is 1.42. The summed E-state index contributed by atoms with van der Waals surface area (Å²) >= 11 is 12.0. The normalized spacial score (nSPS) is 10.7. The van der Waals surface area contributed by atoms with Gasteiger partial charge in [0, 0.05) is 29.3 Å². The van der Waals surface area contributed by atoms with Crippen molar-refractivity contribution in [2.45, 2.75) is 6.61 Å². The minimum atomic E-state index is -0.854. The summed E-state index contributed by atoms with van der Waals surface area (Å²) in [7, 11) is 1.50. The number of halogens is 2. The number of amides is 2. The van der Waals surface area contributed by atoms with Crippen LogP contribution in [0.1, 0.15) is 11.1 Å². The Hall–Kier alpha value is -2.61. The van der Waals surface area contributed by atoms with E-state index >= 15 is 0 Å². The van der Waals surface area contributed by atoms with Crippen LogP contribution in [0.5, 0.6) is 5.75 Å². The molecule has 0 atom stereocenters. The minimum Gasteiger partial charge on any atom is -0.489 e. The van der Waals surface area contributed by atoms with E-state index in [1.54, 1.807) is 42.5 Å². The summed E-state index contributed by atoms with van der Waals surface area (Å²) < 4.78 is 10.5. The molecule has 0 aliphatic heterocycles. The maximum absolute atomic E-state index is 11.5. The number of nitrogens with one attached hydrogen (secondary N) is 2. The standard InChI is InChI=1S/C19H19Cl2N3O4/c1-27-9-8-22-18(25)19(26)24-23-11-13-2-6-16(7-3-13)28-12-14-4-5-15(20)10-17(14)21/h2-7,10-11H,8-9,12H2,1H3,(H,22,25)(H,24,26)/b23-11-. The van der Waals surface area contributed by atoms with E-state index in [1.807, 2.05) is 0 Å². The molecule has 2 aromatic rings. The third-order valence-corrected chi connectivity index (χ3v) is 4.05. The summed E-state index contributed by atoms with van der Waals surface area (Å²) in [6, 6.07) is 12.2. The highest BCUT2D eigenvalue weighted by Crippen LogP contribution is 2.22. The van der Waals surface area contributed by atoms with Crippen LogP contribution in [0, 0.1) is 0 Å². The molecule has 0 radical (unpaired) electrons. The molecular weight excluding hydrogens is 405 g/mol. The molecule has 148 valence electrons. The first-order valence-electron chi connectivity index (χ1n) is 8.26. The van der Waals surface area contributed by atoms with Gasteiger partial charge in [0.05, 0.1) is 12.8 Å². The number of carbonyl (C=O) groups is 2. The zero-order valence-corrected chi connectivity index (χ0v) is 16.6. The third kappa shape index (κ3) is 7.19. The molecule has 0 bridgehead atoms. The molecule has 2 rings (SSSR count). The van der Waals surface area contributed by atoms with Gasteiger partial charge in [-0.25, -0.2) is 5.43 Å². The fourth-order valence-electron chi connectivity index (χ4n) is 2.01. The SMILES string of the molecule is COCCNC(=O)C(=O)N/N=C\c1ccc(OCc2ccc(Cl)cc2Cl)cc1. The van der Waals surface area contributed by atoms with Crippen molar-refractivity contribution in [2.24, 2.45) is 5.10 Å². The highest BCUT2D eigenvalue weighted by molar-refractivity contribution is 6.35. The number of hydrogen-bond donors (Lipinski definition) is 2. The van der Waals surface area contributed by atoms with E-state index in [9.17, 15) is 9.59 Å². The lowest BCUT2D eigenvalue weighted by molar-refractivity contribution is -0.139. The van der Waals surface area contributed by atoms with Crippen LogP contribution in [0.15, 0.2) is 47.6 Å². The fourth-order valence-corrected chi connectivity index (χ4v) is 2.48. The van der Waals surface area contributed by atoms with Crippen molar-refractivity contribution in [1.82, 2.24) is 10.7 Å². The van der Waals surface area contributed by atoms with Crippen LogP contribution in [0.4, 0.5) is 0 Å². The Morgan fingerprint density at radius 1 is 1.11 bits per heavy atom. The van der Waals surface area contributed by atoms with Crippen molar-refractivity contribution in [1.29, 1.82) is 0 Å². The lowest BCUT2D eigenvalue weighted by Gasteiger charge is -2.08. The maximum atomic E-state index is 11.5. The highest BCUT2D eigenvalue weighted by Gasteiger charge is 2.11. The third-order valence-electron chi connectivity index (χ3n) is 3.47. The summed E-state index contributed by atoms with van der Waals surface area (Å²) in [5, 5.41) is 7.24. The van der Waals surface area contributed by atoms with Crippen LogP contribution in [0.3, 0.4) is 0 Å². The first kappa shape index (κ1) is 21.7. The molecule has 9 heteroatoms. The van der Waals surface area contributed by atoms with Gasteiger partial charge in [0.15, 0.2) is 0 Å². The zero-order valence-electron chi connectivity index (χ0n) is 15.1. The predicted octanol–water partition coefficient (Wildman–Crippen LogP) is 2.79. The number of hydrazone groups is 1. The molecule has 2 aromatic carbocycles. The van der Waals surface area contributed by atoms with E-state index in [0.717, 1.165) is 11.1 Å². The van der Waals surface area contributed by atoms with Gasteiger partial charge in [-0.05, 0) is 42.0 Å². The minimum absolute atomic E-state index is 0.245. The topological polar surface area (TPSA) is 89.0 Å². The van der Waals surface area contributed by atoms with E-state index in [4.69, 9.17) is 32.7 Å². The maximum Gasteiger partial charge on any atom is 0.329 e. The molecular formula is C19H19Cl2N3O4. The molecule has 0 saturated heterocycles. The lowest BCUT2D eigenvalue weighted by Crippen LogP contribution is -2.39. The molecule has 2 N–H and O–H groups in total. The Kier molecular flexibility index (Phi) is 8.74. The van der Waals surface area contributed by atoms with Gasteiger partial charge in [-0.2, -0.15) is 5.10 Å². The van der Waals surface area contributed by atoms with E-state index < -0.39 is 11.8 Å². The van der Waals surface area contributed by atoms with Crippen molar-refractivity contribution in [3.05, 3.63) is 63.6 Å². The summed E-state index contributed by atoms with van der Waals surface area (Å²) in [5.74, 6) is -0.990. The van der Waals surface area contributed by atoms with Gasteiger partial charge in [0.1, 0.15) is 12.4 Å². The smallest absolute Gasteiger partial charge is 0.329 e. The quantitative estimate of drug-likeness (QED) is 0.295. The number of ether oxygens (including phenoxy) is 2. The summed E-state index contributed by atoms with van der Waals surface area (Å²) in [5.41, 5.74) is 3.69. The Labute approximate surface area is 172 Å². The monoisotopic (exact) mass is 423 g/mol. The van der Waals surface area contributed by atoms with Gasteiger partial charge < -0.3 is 14.8 Å². The average molecular weight is 424 g/mol. The molecule has 0 spiro atoms. The predicted molar refractivity (Wildman–Crippen MR) is 108 cm³/mol. The molecule has 28 heavy (non-hydrogen) atoms. The van der Waals surface area contributed by atoms with Crippen molar-refractivity contribution in [3.63, 3.8) is 0 Å². The molecule has 0 unspecified atom stereocenters. The van der Waals surface area contributed by atoms with Crippen molar-refractivity contribution >= 4 is 41.2 Å². The molecule has 7 nitrogen and oxygen atoms in total. The molecule has 0 aliphatic carbocycles. The Balaban J connectivity index is 1.81. The van der Waals surface area contributed by atoms with E-state index in [2.05, 4.69) is 15.8 Å². The largest absolute Gasteiger partial charge is 0.489 e. The number of nitrogens with zero attached hydrogens (tertiary/aromatic N) is 1. The summed E-state index contributed by atoms with van der Waals surface area (Å²) in [4.78, 5) is 23.0. The molecule has 0 heterocycles. The summed E-state index contributed by atoms with van der Waals surface area (Å²) in [6.45, 7) is 0.869. The molecule has 0 aliphatic rings. The van der Waals surface area contributed by atoms with Crippen LogP contribution >= 0.6 is 23.2 Å². The Morgan fingerprint density at radius 2 is 1.86 bits per heavy atom. The van der Waals surface area contributed by atoms with Crippen molar-refractivity contribution < 1.29 is 19.1 Å². The van der Waals surface area contributed by atoms with Gasteiger partial charge in [0.2, 0.25) is 0 Å². The zero-order chi connectivity index (χ0) is 20.4. The lowest BCUT2D eigenvalue weighted by atomic mass is 10.2. The second kappa shape index (κ2) is 11.3. The second-order valence-corrected chi connectivity index (χ2v) is 6.38. The number of benzene rings is 2. The Bertz CT molecular complexity index is 842. The number of rotatable bonds is 8. The average Bonchev–Trinajstić information content (AvgIpc) is 2.68. The number of methoxy groups -OCH3 is 1. The van der Waals surface area contributed by atoms with Crippen LogP contribution in [0.2, 0.25) is 10.0 Å². The van der Waals surface area contributed by atoms with E-state index in [0.29, 0.717) is 29.0 Å². The molecule has 2 amide bonds. The molecule has 0 saturated carbocycles. The van der Waals surface area contributed by atoms with Gasteiger partial charge >= 0.3 is 11.8 Å². The van der Waals surface area contributed by atoms with Crippen LogP contribution in [0.25, 0.3) is 0 Å². The van der Waals surface area contributed by atoms with E-state index in [1.165, 1.54) is 13.3 Å². The molecule has 0 fully saturated rings. The number of hydrogen-bond acceptors (Lipinski definition) is 5. The van der Waals surface area contributed by atoms with Crippen molar-refractivity contribution in [3.8, 4) is 5.75 Å². The van der Waals surface area contributed by atoms with Gasteiger partial charge in [-0.3, -0.25) is 9.59 Å². The van der Waals surface area contributed by atoms with Crippen LogP contribution < -0.4 is 15.5 Å². The first-order valence-corrected chi connectivity index (χ1v) is 9.02. The van der Waals surface area contributed by atoms with E-state index in [-0.39, 0.29) is 6.54 Å². The van der Waals surface area contributed by atoms with Gasteiger partial charge in [-0.1, -0.05) is 29.3 Å². The first-order chi connectivity index (χ1) is 13.5. The van der Waals surface area contributed by atoms with Crippen molar-refractivity contribution in [2.75, 3.05) is 20.3 Å². The number of carbonyl (C=O) groups excluding carboxylic acids is 2. The van der Waals surface area contributed by atoms with Crippen LogP contribution in [-0.4, -0.2) is 38.3 Å². The molecule has 0 aromatic heterocycles. The van der Waals surface area contributed by atoms with Crippen LogP contribution in [-0.2, 0) is 20.9 Å². The van der Waals surface area contributed by atoms with Gasteiger partial charge in [-0.15, -0.1) is 0 Å².